The van der Waals surface area contributed by atoms with Crippen molar-refractivity contribution in [2.24, 2.45) is 0 Å². The average Bonchev–Trinajstić information content (AvgIpc) is 2.81. The van der Waals surface area contributed by atoms with Gasteiger partial charge in [0.15, 0.2) is 0 Å². The van der Waals surface area contributed by atoms with Crippen molar-refractivity contribution in [1.29, 1.82) is 0 Å². The van der Waals surface area contributed by atoms with Crippen LogP contribution >= 0.6 is 11.3 Å². The van der Waals surface area contributed by atoms with Crippen LogP contribution in [0.5, 0.6) is 0 Å². The lowest BCUT2D eigenvalue weighted by molar-refractivity contribution is 0.00578. The molecule has 0 aliphatic carbocycles. The Morgan fingerprint density at radius 2 is 1.74 bits per heavy atom. The number of carbonyl (C=O) groups excluding carboxylic acids is 1. The molecule has 0 bridgehead atoms. The van der Waals surface area contributed by atoms with Crippen LogP contribution in [0.25, 0.3) is 0 Å². The van der Waals surface area contributed by atoms with Gasteiger partial charge in [0.1, 0.15) is 0 Å². The summed E-state index contributed by atoms with van der Waals surface area (Å²) in [5.74, 6) is 0.00719. The van der Waals surface area contributed by atoms with Crippen molar-refractivity contribution in [3.05, 3.63) is 16.3 Å². The average molecular weight is 281 g/mol. The zero-order chi connectivity index (χ0) is 14.4. The van der Waals surface area contributed by atoms with Crippen molar-refractivity contribution in [2.75, 3.05) is 14.1 Å². The van der Waals surface area contributed by atoms with Gasteiger partial charge in [0.05, 0.1) is 16.1 Å². The summed E-state index contributed by atoms with van der Waals surface area (Å²) in [4.78, 5) is 14.2. The Labute approximate surface area is 118 Å². The third kappa shape index (κ3) is 2.57. The highest BCUT2D eigenvalue weighted by molar-refractivity contribution is 7.13. The minimum Gasteiger partial charge on any atom is -0.399 e. The number of hydrogen-bond donors (Lipinski definition) is 0. The highest BCUT2D eigenvalue weighted by Crippen LogP contribution is 2.36. The molecular formula is C13H20BNO3S. The molecule has 19 heavy (non-hydrogen) atoms. The molecule has 2 rings (SSSR count). The first-order chi connectivity index (χ1) is 8.64. The number of thiophene rings is 1. The molecule has 1 aliphatic rings. The lowest BCUT2D eigenvalue weighted by Gasteiger charge is -2.32. The van der Waals surface area contributed by atoms with E-state index < -0.39 is 7.12 Å². The molecule has 4 nitrogen and oxygen atoms in total. The molecule has 0 spiro atoms. The summed E-state index contributed by atoms with van der Waals surface area (Å²) in [7, 11) is 3.09. The predicted octanol–water partition coefficient (Wildman–Crippen LogP) is 1.75. The van der Waals surface area contributed by atoms with Crippen LogP contribution in [0, 0.1) is 0 Å². The van der Waals surface area contributed by atoms with Gasteiger partial charge in [0, 0.05) is 14.1 Å². The molecule has 0 atom stereocenters. The smallest absolute Gasteiger partial charge is 0.399 e. The maximum Gasteiger partial charge on any atom is 0.495 e. The van der Waals surface area contributed by atoms with Gasteiger partial charge in [0.25, 0.3) is 5.91 Å². The highest BCUT2D eigenvalue weighted by Gasteiger charge is 2.51. The lowest BCUT2D eigenvalue weighted by Crippen LogP contribution is -2.41. The summed E-state index contributed by atoms with van der Waals surface area (Å²) in [5, 5.41) is 1.93. The Kier molecular flexibility index (Phi) is 3.54. The summed E-state index contributed by atoms with van der Waals surface area (Å²) in [6.07, 6.45) is 0. The number of hydrogen-bond acceptors (Lipinski definition) is 4. The fourth-order valence-electron chi connectivity index (χ4n) is 1.79. The number of carbonyl (C=O) groups is 1. The predicted molar refractivity (Wildman–Crippen MR) is 78.1 cm³/mol. The molecule has 1 aromatic heterocycles. The Hall–Kier alpha value is -0.845. The normalized spacial score (nSPS) is 20.6. The Morgan fingerprint density at radius 3 is 2.21 bits per heavy atom. The molecule has 2 heterocycles. The first-order valence-corrected chi connectivity index (χ1v) is 7.18. The van der Waals surface area contributed by atoms with E-state index in [-0.39, 0.29) is 17.1 Å². The topological polar surface area (TPSA) is 38.8 Å². The summed E-state index contributed by atoms with van der Waals surface area (Å²) in [5.41, 5.74) is 0.199. The maximum atomic E-state index is 11.9. The van der Waals surface area contributed by atoms with Crippen LogP contribution in [0.2, 0.25) is 0 Å². The first-order valence-electron chi connectivity index (χ1n) is 6.30. The minimum atomic E-state index is -0.398. The molecule has 1 amide bonds. The Bertz CT molecular complexity index is 480. The quantitative estimate of drug-likeness (QED) is 0.775. The summed E-state index contributed by atoms with van der Waals surface area (Å²) >= 11 is 1.42. The van der Waals surface area contributed by atoms with E-state index >= 15 is 0 Å². The van der Waals surface area contributed by atoms with Gasteiger partial charge in [0.2, 0.25) is 0 Å². The Morgan fingerprint density at radius 1 is 1.21 bits per heavy atom. The van der Waals surface area contributed by atoms with Gasteiger partial charge in [-0.2, -0.15) is 0 Å². The molecule has 104 valence electrons. The zero-order valence-corrected chi connectivity index (χ0v) is 13.1. The standard InChI is InChI=1S/C13H20BNO3S/c1-12(2)13(3,4)18-14(17-12)9-7-10(19-8-9)11(16)15(5)6/h7-8H,1-6H3. The van der Waals surface area contributed by atoms with Gasteiger partial charge in [-0.15, -0.1) is 11.3 Å². The largest absolute Gasteiger partial charge is 0.495 e. The summed E-state index contributed by atoms with van der Waals surface area (Å²) in [6, 6.07) is 1.86. The molecule has 0 radical (unpaired) electrons. The van der Waals surface area contributed by atoms with Gasteiger partial charge < -0.3 is 14.2 Å². The van der Waals surface area contributed by atoms with Crippen molar-refractivity contribution in [1.82, 2.24) is 4.90 Å². The zero-order valence-electron chi connectivity index (χ0n) is 12.3. The molecule has 0 aromatic carbocycles. The van der Waals surface area contributed by atoms with Gasteiger partial charge in [-0.25, -0.2) is 0 Å². The molecule has 6 heteroatoms. The third-order valence-corrected chi connectivity index (χ3v) is 4.70. The van der Waals surface area contributed by atoms with Gasteiger partial charge in [-0.1, -0.05) is 0 Å². The highest BCUT2D eigenvalue weighted by atomic mass is 32.1. The SMILES string of the molecule is CN(C)C(=O)c1cc(B2OC(C)(C)C(C)(C)O2)cs1. The second-order valence-corrected chi connectivity index (χ2v) is 6.94. The Balaban J connectivity index is 2.20. The van der Waals surface area contributed by atoms with E-state index in [9.17, 15) is 4.79 Å². The second-order valence-electron chi connectivity index (χ2n) is 6.03. The van der Waals surface area contributed by atoms with Crippen molar-refractivity contribution in [3.8, 4) is 0 Å². The van der Waals surface area contributed by atoms with E-state index in [1.54, 1.807) is 19.0 Å². The van der Waals surface area contributed by atoms with E-state index in [0.717, 1.165) is 5.46 Å². The molecule has 0 N–H and O–H groups in total. The van der Waals surface area contributed by atoms with E-state index in [1.165, 1.54) is 11.3 Å². The van der Waals surface area contributed by atoms with E-state index in [4.69, 9.17) is 9.31 Å². The maximum absolute atomic E-state index is 11.9. The van der Waals surface area contributed by atoms with Crippen LogP contribution in [-0.4, -0.2) is 43.2 Å². The molecule has 1 aliphatic heterocycles. The monoisotopic (exact) mass is 281 g/mol. The van der Waals surface area contributed by atoms with Crippen molar-refractivity contribution in [3.63, 3.8) is 0 Å². The van der Waals surface area contributed by atoms with E-state index in [0.29, 0.717) is 4.88 Å². The molecule has 0 unspecified atom stereocenters. The van der Waals surface area contributed by atoms with Crippen LogP contribution in [-0.2, 0) is 9.31 Å². The van der Waals surface area contributed by atoms with Crippen LogP contribution in [0.3, 0.4) is 0 Å². The molecular weight excluding hydrogens is 261 g/mol. The molecule has 1 aromatic rings. The number of amides is 1. The number of nitrogens with zero attached hydrogens (tertiary/aromatic N) is 1. The van der Waals surface area contributed by atoms with Gasteiger partial charge in [-0.05, 0) is 44.6 Å². The fourth-order valence-corrected chi connectivity index (χ4v) is 2.72. The van der Waals surface area contributed by atoms with Crippen molar-refractivity contribution >= 4 is 29.8 Å². The fraction of sp³-hybridized carbons (Fsp3) is 0.615. The molecule has 1 saturated heterocycles. The minimum absolute atomic E-state index is 0.00719. The number of rotatable bonds is 2. The van der Waals surface area contributed by atoms with Crippen LogP contribution < -0.4 is 5.46 Å². The van der Waals surface area contributed by atoms with E-state index in [1.807, 2.05) is 39.1 Å². The first kappa shape index (κ1) is 14.6. The van der Waals surface area contributed by atoms with Crippen molar-refractivity contribution < 1.29 is 14.1 Å². The van der Waals surface area contributed by atoms with Crippen LogP contribution in [0.15, 0.2) is 11.4 Å². The van der Waals surface area contributed by atoms with Crippen molar-refractivity contribution in [2.45, 2.75) is 38.9 Å². The molecule has 0 saturated carbocycles. The summed E-state index contributed by atoms with van der Waals surface area (Å²) in [6.45, 7) is 8.08. The van der Waals surface area contributed by atoms with Crippen LogP contribution in [0.4, 0.5) is 0 Å². The molecule has 1 fully saturated rings. The third-order valence-electron chi connectivity index (χ3n) is 3.76. The summed E-state index contributed by atoms with van der Waals surface area (Å²) < 4.78 is 11.9. The van der Waals surface area contributed by atoms with Gasteiger partial charge >= 0.3 is 7.12 Å². The van der Waals surface area contributed by atoms with Gasteiger partial charge in [-0.3, -0.25) is 4.79 Å². The lowest BCUT2D eigenvalue weighted by atomic mass is 9.81. The van der Waals surface area contributed by atoms with E-state index in [2.05, 4.69) is 0 Å². The second kappa shape index (κ2) is 4.61. The van der Waals surface area contributed by atoms with Crippen LogP contribution in [0.1, 0.15) is 37.4 Å².